The number of nitrogens with two attached hydrogens (primary N) is 1. The molecule has 2 unspecified atom stereocenters. The molecule has 0 fully saturated rings. The van der Waals surface area contributed by atoms with Crippen LogP contribution in [0.15, 0.2) is 30.5 Å². The maximum atomic E-state index is 12.9. The van der Waals surface area contributed by atoms with Gasteiger partial charge in [-0.2, -0.15) is 0 Å². The van der Waals surface area contributed by atoms with E-state index in [2.05, 4.69) is 20.9 Å². The summed E-state index contributed by atoms with van der Waals surface area (Å²) in [4.78, 5) is 39.8. The fourth-order valence-electron chi connectivity index (χ4n) is 3.17. The minimum atomic E-state index is -0.879. The van der Waals surface area contributed by atoms with E-state index < -0.39 is 24.0 Å². The van der Waals surface area contributed by atoms with E-state index in [0.29, 0.717) is 19.4 Å². The molecule has 2 aromatic rings. The molecule has 0 aliphatic rings. The molecule has 1 heterocycles. The average molecular weight is 416 g/mol. The lowest BCUT2D eigenvalue weighted by Gasteiger charge is -2.22. The molecule has 2 rings (SSSR count). The number of hydrogen-bond acceptors (Lipinski definition) is 5. The summed E-state index contributed by atoms with van der Waals surface area (Å²) >= 11 is 0. The molecular weight excluding hydrogens is 388 g/mol. The minimum absolute atomic E-state index is 0.168. The van der Waals surface area contributed by atoms with E-state index in [1.165, 1.54) is 14.0 Å². The Kier molecular flexibility index (Phi) is 8.21. The topological polar surface area (TPSA) is 162 Å². The van der Waals surface area contributed by atoms with Crippen LogP contribution in [-0.4, -0.2) is 54.5 Å². The third kappa shape index (κ3) is 6.50. The Morgan fingerprint density at radius 2 is 1.93 bits per heavy atom. The van der Waals surface area contributed by atoms with Gasteiger partial charge in [0.1, 0.15) is 12.1 Å². The Morgan fingerprint density at radius 3 is 2.60 bits per heavy atom. The Hall–Kier alpha value is -3.56. The van der Waals surface area contributed by atoms with Crippen molar-refractivity contribution in [3.05, 3.63) is 36.0 Å². The Morgan fingerprint density at radius 1 is 1.20 bits per heavy atom. The first-order valence-corrected chi connectivity index (χ1v) is 9.60. The second-order valence-electron chi connectivity index (χ2n) is 6.88. The van der Waals surface area contributed by atoms with Crippen LogP contribution in [0.2, 0.25) is 0 Å². The number of hydrogen-bond donors (Lipinski definition) is 6. The molecule has 162 valence electrons. The predicted molar refractivity (Wildman–Crippen MR) is 113 cm³/mol. The van der Waals surface area contributed by atoms with Gasteiger partial charge in [-0.3, -0.25) is 15.0 Å². The number of amides is 2. The van der Waals surface area contributed by atoms with Gasteiger partial charge in [-0.15, -0.1) is 0 Å². The van der Waals surface area contributed by atoms with Gasteiger partial charge in [-0.1, -0.05) is 18.2 Å². The van der Waals surface area contributed by atoms with Crippen LogP contribution >= 0.6 is 0 Å². The summed E-state index contributed by atoms with van der Waals surface area (Å²) in [6.45, 7) is 1.71. The van der Waals surface area contributed by atoms with Crippen molar-refractivity contribution in [2.45, 2.75) is 38.3 Å². The Labute approximate surface area is 174 Å². The smallest absolute Gasteiger partial charge is 0.328 e. The molecule has 0 saturated heterocycles. The van der Waals surface area contributed by atoms with Crippen molar-refractivity contribution in [2.24, 2.45) is 5.73 Å². The zero-order valence-electron chi connectivity index (χ0n) is 17.1. The van der Waals surface area contributed by atoms with Crippen molar-refractivity contribution >= 4 is 34.6 Å². The van der Waals surface area contributed by atoms with Gasteiger partial charge in [0, 0.05) is 37.0 Å². The van der Waals surface area contributed by atoms with Gasteiger partial charge < -0.3 is 31.4 Å². The number of aromatic nitrogens is 1. The summed E-state index contributed by atoms with van der Waals surface area (Å²) < 4.78 is 4.78. The molecule has 0 aliphatic carbocycles. The van der Waals surface area contributed by atoms with Crippen LogP contribution in [0.1, 0.15) is 25.3 Å². The number of guanidine groups is 1. The molecule has 1 aromatic heterocycles. The SMILES string of the molecule is COC(=O)C(CCCNC(=N)N)NC(=O)C(Cc1c[nH]c2ccccc12)NC(C)=O. The fourth-order valence-corrected chi connectivity index (χ4v) is 3.17. The molecule has 30 heavy (non-hydrogen) atoms. The molecule has 7 N–H and O–H groups in total. The number of rotatable bonds is 10. The van der Waals surface area contributed by atoms with Crippen LogP contribution in [0.3, 0.4) is 0 Å². The lowest BCUT2D eigenvalue weighted by atomic mass is 10.0. The lowest BCUT2D eigenvalue weighted by molar-refractivity contribution is -0.145. The van der Waals surface area contributed by atoms with Gasteiger partial charge in [0.05, 0.1) is 7.11 Å². The van der Waals surface area contributed by atoms with E-state index in [9.17, 15) is 14.4 Å². The van der Waals surface area contributed by atoms with E-state index in [4.69, 9.17) is 15.9 Å². The Balaban J connectivity index is 2.10. The van der Waals surface area contributed by atoms with Gasteiger partial charge in [0.15, 0.2) is 5.96 Å². The number of benzene rings is 1. The highest BCUT2D eigenvalue weighted by molar-refractivity contribution is 5.91. The summed E-state index contributed by atoms with van der Waals surface area (Å²) in [6, 6.07) is 5.93. The van der Waals surface area contributed by atoms with E-state index in [1.54, 1.807) is 6.20 Å². The second-order valence-corrected chi connectivity index (χ2v) is 6.88. The summed E-state index contributed by atoms with van der Waals surface area (Å²) in [5.41, 5.74) is 7.04. The third-order valence-corrected chi connectivity index (χ3v) is 4.58. The number of aromatic amines is 1. The van der Waals surface area contributed by atoms with Crippen molar-refractivity contribution in [1.82, 2.24) is 20.9 Å². The third-order valence-electron chi connectivity index (χ3n) is 4.58. The number of esters is 1. The largest absolute Gasteiger partial charge is 0.467 e. The second kappa shape index (κ2) is 10.8. The molecular formula is C20H28N6O4. The maximum absolute atomic E-state index is 12.9. The minimum Gasteiger partial charge on any atom is -0.467 e. The molecule has 10 nitrogen and oxygen atoms in total. The molecule has 0 saturated carbocycles. The van der Waals surface area contributed by atoms with Crippen molar-refractivity contribution in [3.8, 4) is 0 Å². The molecule has 10 heteroatoms. The molecule has 1 aromatic carbocycles. The first-order valence-electron chi connectivity index (χ1n) is 9.60. The first-order chi connectivity index (χ1) is 14.3. The number of nitrogens with one attached hydrogen (secondary N) is 5. The standard InChI is InChI=1S/C20H28N6O4/c1-12(27)25-17(10-13-11-24-15-7-4-3-6-14(13)15)18(28)26-16(19(29)30-2)8-5-9-23-20(21)22/h3-4,6-7,11,16-17,24H,5,8-10H2,1-2H3,(H,25,27)(H,26,28)(H4,21,22,23). The monoisotopic (exact) mass is 416 g/mol. The summed E-state index contributed by atoms with van der Waals surface area (Å²) in [6.07, 6.45) is 2.83. The zero-order chi connectivity index (χ0) is 22.1. The quantitative estimate of drug-likeness (QED) is 0.140. The summed E-state index contributed by atoms with van der Waals surface area (Å²) in [5, 5.41) is 16.1. The number of ether oxygens (including phenoxy) is 1. The Bertz CT molecular complexity index is 910. The van der Waals surface area contributed by atoms with Gasteiger partial charge >= 0.3 is 5.97 Å². The van der Waals surface area contributed by atoms with Crippen LogP contribution in [0.25, 0.3) is 10.9 Å². The van der Waals surface area contributed by atoms with Crippen LogP contribution in [0.5, 0.6) is 0 Å². The molecule has 0 spiro atoms. The molecule has 0 aliphatic heterocycles. The molecule has 0 radical (unpaired) electrons. The number of fused-ring (bicyclic) bond motifs is 1. The maximum Gasteiger partial charge on any atom is 0.328 e. The number of para-hydroxylation sites is 1. The van der Waals surface area contributed by atoms with Gasteiger partial charge in [0.2, 0.25) is 11.8 Å². The number of carbonyl (C=O) groups is 3. The van der Waals surface area contributed by atoms with E-state index in [1.807, 2.05) is 24.3 Å². The van der Waals surface area contributed by atoms with Crippen LogP contribution in [0.4, 0.5) is 0 Å². The van der Waals surface area contributed by atoms with E-state index >= 15 is 0 Å². The summed E-state index contributed by atoms with van der Waals surface area (Å²) in [7, 11) is 1.24. The number of carbonyl (C=O) groups excluding carboxylic acids is 3. The normalized spacial score (nSPS) is 12.6. The van der Waals surface area contributed by atoms with Crippen molar-refractivity contribution in [2.75, 3.05) is 13.7 Å². The highest BCUT2D eigenvalue weighted by Gasteiger charge is 2.27. The highest BCUT2D eigenvalue weighted by atomic mass is 16.5. The molecule has 2 atom stereocenters. The van der Waals surface area contributed by atoms with Crippen LogP contribution in [0, 0.1) is 5.41 Å². The van der Waals surface area contributed by atoms with Gasteiger partial charge in [-0.05, 0) is 24.5 Å². The number of methoxy groups -OCH3 is 1. The van der Waals surface area contributed by atoms with Crippen molar-refractivity contribution in [3.63, 3.8) is 0 Å². The van der Waals surface area contributed by atoms with Crippen molar-refractivity contribution < 1.29 is 19.1 Å². The lowest BCUT2D eigenvalue weighted by Crippen LogP contribution is -2.52. The highest BCUT2D eigenvalue weighted by Crippen LogP contribution is 2.19. The van der Waals surface area contributed by atoms with Gasteiger partial charge in [-0.25, -0.2) is 4.79 Å². The average Bonchev–Trinajstić information content (AvgIpc) is 3.11. The fraction of sp³-hybridized carbons (Fsp3) is 0.400. The zero-order valence-corrected chi connectivity index (χ0v) is 17.1. The van der Waals surface area contributed by atoms with Gasteiger partial charge in [0.25, 0.3) is 0 Å². The van der Waals surface area contributed by atoms with E-state index in [-0.39, 0.29) is 18.3 Å². The van der Waals surface area contributed by atoms with Crippen LogP contribution < -0.4 is 21.7 Å². The number of H-pyrrole nitrogens is 1. The molecule has 2 amide bonds. The van der Waals surface area contributed by atoms with E-state index in [0.717, 1.165) is 16.5 Å². The van der Waals surface area contributed by atoms with Crippen molar-refractivity contribution in [1.29, 1.82) is 5.41 Å². The first kappa shape index (κ1) is 22.7. The summed E-state index contributed by atoms with van der Waals surface area (Å²) in [5.74, 6) is -1.58. The van der Waals surface area contributed by atoms with Crippen LogP contribution in [-0.2, 0) is 25.5 Å². The molecule has 0 bridgehead atoms. The predicted octanol–water partition coefficient (Wildman–Crippen LogP) is 0.136.